The topological polar surface area (TPSA) is 92.5 Å². The number of carboxylic acids is 1. The molecule has 0 radical (unpaired) electrons. The van der Waals surface area contributed by atoms with Crippen molar-refractivity contribution in [2.45, 2.75) is 69.1 Å². The van der Waals surface area contributed by atoms with E-state index in [2.05, 4.69) is 5.10 Å². The Hall–Kier alpha value is -1.41. The van der Waals surface area contributed by atoms with Crippen molar-refractivity contribution in [2.24, 2.45) is 5.92 Å². The van der Waals surface area contributed by atoms with Crippen molar-refractivity contribution < 1.29 is 18.3 Å². The maximum atomic E-state index is 13.2. The largest absolute Gasteiger partial charge is 0.481 e. The van der Waals surface area contributed by atoms with Crippen LogP contribution in [-0.4, -0.2) is 45.7 Å². The molecule has 1 aromatic heterocycles. The number of rotatable bonds is 4. The number of aromatic nitrogens is 2. The lowest BCUT2D eigenvalue weighted by molar-refractivity contribution is -0.138. The van der Waals surface area contributed by atoms with Crippen molar-refractivity contribution in [1.82, 2.24) is 14.1 Å². The van der Waals surface area contributed by atoms with Gasteiger partial charge in [0.1, 0.15) is 0 Å². The van der Waals surface area contributed by atoms with Gasteiger partial charge in [-0.25, -0.2) is 13.1 Å². The number of hydrogen-bond donors (Lipinski definition) is 1. The third-order valence-electron chi connectivity index (χ3n) is 4.85. The molecule has 1 saturated heterocycles. The average molecular weight is 341 g/mol. The minimum atomic E-state index is -3.76. The Morgan fingerprint density at radius 3 is 2.70 bits per heavy atom. The van der Waals surface area contributed by atoms with Crippen molar-refractivity contribution in [3.05, 3.63) is 12.3 Å². The van der Waals surface area contributed by atoms with Gasteiger partial charge in [0.2, 0.25) is 0 Å². The van der Waals surface area contributed by atoms with Crippen molar-refractivity contribution >= 4 is 16.0 Å². The van der Waals surface area contributed by atoms with Gasteiger partial charge in [-0.2, -0.15) is 9.40 Å². The predicted molar refractivity (Wildman–Crippen MR) is 83.4 cm³/mol. The summed E-state index contributed by atoms with van der Waals surface area (Å²) in [6.07, 6.45) is 3.83. The van der Waals surface area contributed by atoms with Gasteiger partial charge >= 0.3 is 5.97 Å². The standard InChI is InChI=1S/C15H23N3O4S/c1-15(2,3)18-13(6-7-16-18)23(21,22)17-11-5-4-10(8-11)12(17)9-14(19)20/h6-7,10-12H,4-5,8-9H2,1-3H3,(H,19,20)/t10-,11+,12+/m0/s1. The van der Waals surface area contributed by atoms with E-state index in [1.54, 1.807) is 0 Å². The van der Waals surface area contributed by atoms with E-state index in [1.807, 2.05) is 20.8 Å². The molecular weight excluding hydrogens is 318 g/mol. The number of carboxylic acid groups (broad SMARTS) is 1. The molecule has 2 heterocycles. The summed E-state index contributed by atoms with van der Waals surface area (Å²) in [5, 5.41) is 13.5. The van der Waals surface area contributed by atoms with Crippen LogP contribution in [-0.2, 0) is 20.4 Å². The van der Waals surface area contributed by atoms with Crippen LogP contribution in [0.5, 0.6) is 0 Å². The summed E-state index contributed by atoms with van der Waals surface area (Å²) < 4.78 is 29.4. The fourth-order valence-corrected chi connectivity index (χ4v) is 6.13. The first-order chi connectivity index (χ1) is 10.6. The van der Waals surface area contributed by atoms with E-state index in [9.17, 15) is 13.2 Å². The van der Waals surface area contributed by atoms with Gasteiger partial charge in [-0.3, -0.25) is 4.79 Å². The van der Waals surface area contributed by atoms with Crippen LogP contribution in [0.3, 0.4) is 0 Å². The highest BCUT2D eigenvalue weighted by Crippen LogP contribution is 2.46. The van der Waals surface area contributed by atoms with Crippen molar-refractivity contribution in [1.29, 1.82) is 0 Å². The zero-order chi connectivity index (χ0) is 17.0. The number of aliphatic carboxylic acids is 1. The van der Waals surface area contributed by atoms with Gasteiger partial charge in [-0.05, 0) is 52.0 Å². The molecule has 0 unspecified atom stereocenters. The second kappa shape index (κ2) is 5.31. The molecule has 0 aromatic carbocycles. The van der Waals surface area contributed by atoms with Gasteiger partial charge in [-0.1, -0.05) is 0 Å². The fourth-order valence-electron chi connectivity index (χ4n) is 3.96. The zero-order valence-electron chi connectivity index (χ0n) is 13.6. The number of sulfonamides is 1. The molecule has 3 atom stereocenters. The molecule has 1 saturated carbocycles. The Kier molecular flexibility index (Phi) is 3.79. The minimum Gasteiger partial charge on any atom is -0.481 e. The van der Waals surface area contributed by atoms with Crippen molar-refractivity contribution in [2.75, 3.05) is 0 Å². The van der Waals surface area contributed by atoms with Crippen LogP contribution >= 0.6 is 0 Å². The Labute approximate surface area is 136 Å². The van der Waals surface area contributed by atoms with Crippen LogP contribution < -0.4 is 0 Å². The zero-order valence-corrected chi connectivity index (χ0v) is 14.5. The van der Waals surface area contributed by atoms with E-state index >= 15 is 0 Å². The maximum absolute atomic E-state index is 13.2. The van der Waals surface area contributed by atoms with E-state index in [1.165, 1.54) is 21.3 Å². The summed E-state index contributed by atoms with van der Waals surface area (Å²) in [7, 11) is -3.76. The molecule has 1 aliphatic carbocycles. The molecular formula is C15H23N3O4S. The summed E-state index contributed by atoms with van der Waals surface area (Å²) in [5.74, 6) is -0.802. The highest BCUT2D eigenvalue weighted by atomic mass is 32.2. The van der Waals surface area contributed by atoms with Gasteiger partial charge in [0, 0.05) is 12.1 Å². The molecule has 128 valence electrons. The minimum absolute atomic E-state index is 0.0855. The summed E-state index contributed by atoms with van der Waals surface area (Å²) in [5.41, 5.74) is -0.465. The first-order valence-electron chi connectivity index (χ1n) is 7.92. The normalized spacial score (nSPS) is 28.4. The number of fused-ring (bicyclic) bond motifs is 2. The average Bonchev–Trinajstić information content (AvgIpc) is 3.12. The fraction of sp³-hybridized carbons (Fsp3) is 0.733. The maximum Gasteiger partial charge on any atom is 0.304 e. The molecule has 0 amide bonds. The van der Waals surface area contributed by atoms with Crippen LogP contribution in [0.15, 0.2) is 17.3 Å². The molecule has 8 heteroatoms. The molecule has 2 fully saturated rings. The van der Waals surface area contributed by atoms with E-state index in [0.717, 1.165) is 19.3 Å². The molecule has 23 heavy (non-hydrogen) atoms. The van der Waals surface area contributed by atoms with Gasteiger partial charge in [0.15, 0.2) is 5.03 Å². The lowest BCUT2D eigenvalue weighted by atomic mass is 9.97. The Morgan fingerprint density at radius 2 is 2.09 bits per heavy atom. The lowest BCUT2D eigenvalue weighted by Gasteiger charge is -2.34. The van der Waals surface area contributed by atoms with E-state index in [4.69, 9.17) is 5.11 Å². The van der Waals surface area contributed by atoms with Gasteiger partial charge < -0.3 is 5.11 Å². The molecule has 1 aromatic rings. The lowest BCUT2D eigenvalue weighted by Crippen LogP contribution is -2.47. The first-order valence-corrected chi connectivity index (χ1v) is 9.36. The highest BCUT2D eigenvalue weighted by molar-refractivity contribution is 7.89. The molecule has 1 aliphatic heterocycles. The first kappa shape index (κ1) is 16.4. The van der Waals surface area contributed by atoms with Crippen LogP contribution in [0.2, 0.25) is 0 Å². The molecule has 2 bridgehead atoms. The van der Waals surface area contributed by atoms with Gasteiger partial charge in [-0.15, -0.1) is 0 Å². The molecule has 3 rings (SSSR count). The quantitative estimate of drug-likeness (QED) is 0.899. The van der Waals surface area contributed by atoms with Crippen LogP contribution in [0, 0.1) is 5.92 Å². The number of hydrogen-bond acceptors (Lipinski definition) is 4. The smallest absolute Gasteiger partial charge is 0.304 e. The second-order valence-electron chi connectivity index (χ2n) is 7.48. The molecule has 2 aliphatic rings. The monoisotopic (exact) mass is 341 g/mol. The van der Waals surface area contributed by atoms with Crippen LogP contribution in [0.1, 0.15) is 46.5 Å². The number of carbonyl (C=O) groups is 1. The summed E-state index contributed by atoms with van der Waals surface area (Å²) in [6, 6.07) is 0.974. The summed E-state index contributed by atoms with van der Waals surface area (Å²) in [4.78, 5) is 11.2. The van der Waals surface area contributed by atoms with Gasteiger partial charge in [0.05, 0.1) is 18.2 Å². The molecule has 7 nitrogen and oxygen atoms in total. The number of piperidine rings is 1. The number of nitrogens with zero attached hydrogens (tertiary/aromatic N) is 3. The summed E-state index contributed by atoms with van der Waals surface area (Å²) >= 11 is 0. The molecule has 1 N–H and O–H groups in total. The Bertz CT molecular complexity index is 719. The molecule has 0 spiro atoms. The third-order valence-corrected chi connectivity index (χ3v) is 6.81. The Morgan fingerprint density at radius 1 is 1.39 bits per heavy atom. The summed E-state index contributed by atoms with van der Waals surface area (Å²) in [6.45, 7) is 5.68. The SMILES string of the molecule is CC(C)(C)n1nccc1S(=O)(=O)N1[C@@H]2CC[C@@H](C2)[C@H]1CC(=O)O. The van der Waals surface area contributed by atoms with Crippen molar-refractivity contribution in [3.63, 3.8) is 0 Å². The Balaban J connectivity index is 2.02. The second-order valence-corrected chi connectivity index (χ2v) is 9.27. The predicted octanol–water partition coefficient (Wildman–Crippen LogP) is 1.65. The van der Waals surface area contributed by atoms with E-state index in [0.29, 0.717) is 0 Å². The van der Waals surface area contributed by atoms with Gasteiger partial charge in [0.25, 0.3) is 10.0 Å². The van der Waals surface area contributed by atoms with Crippen LogP contribution in [0.25, 0.3) is 0 Å². The van der Waals surface area contributed by atoms with Crippen molar-refractivity contribution in [3.8, 4) is 0 Å². The third kappa shape index (κ3) is 2.67. The van der Waals surface area contributed by atoms with E-state index in [-0.39, 0.29) is 23.4 Å². The van der Waals surface area contributed by atoms with Crippen LogP contribution in [0.4, 0.5) is 0 Å². The highest BCUT2D eigenvalue weighted by Gasteiger charge is 2.52. The van der Waals surface area contributed by atoms with E-state index < -0.39 is 27.6 Å².